The topological polar surface area (TPSA) is 60.9 Å². The van der Waals surface area contributed by atoms with Gasteiger partial charge in [-0.05, 0) is 12.3 Å². The lowest BCUT2D eigenvalue weighted by molar-refractivity contribution is -0.144. The Morgan fingerprint density at radius 3 is 2.35 bits per heavy atom. The predicted molar refractivity (Wildman–Crippen MR) is 62.6 cm³/mol. The van der Waals surface area contributed by atoms with Gasteiger partial charge in [0.2, 0.25) is 0 Å². The molecule has 2 amide bonds. The molecule has 2 rings (SSSR count). The first-order chi connectivity index (χ1) is 7.99. The minimum absolute atomic E-state index is 0.0863. The van der Waals surface area contributed by atoms with Crippen molar-refractivity contribution in [1.82, 2.24) is 9.80 Å². The Morgan fingerprint density at radius 2 is 1.88 bits per heavy atom. The van der Waals surface area contributed by atoms with Crippen molar-refractivity contribution in [3.05, 3.63) is 0 Å². The molecule has 5 heteroatoms. The van der Waals surface area contributed by atoms with Crippen LogP contribution in [0.5, 0.6) is 0 Å². The number of amides is 2. The summed E-state index contributed by atoms with van der Waals surface area (Å²) in [5, 5.41) is 8.87. The van der Waals surface area contributed by atoms with Crippen LogP contribution in [-0.2, 0) is 4.79 Å². The van der Waals surface area contributed by atoms with Crippen LogP contribution in [0.3, 0.4) is 0 Å². The Labute approximate surface area is 101 Å². The highest BCUT2D eigenvalue weighted by Crippen LogP contribution is 2.26. The highest BCUT2D eigenvalue weighted by Gasteiger charge is 2.39. The van der Waals surface area contributed by atoms with Gasteiger partial charge in [0.1, 0.15) is 0 Å². The summed E-state index contributed by atoms with van der Waals surface area (Å²) in [6.45, 7) is 6.74. The fraction of sp³-hybridized carbons (Fsp3) is 0.833. The molecule has 2 aliphatic heterocycles. The van der Waals surface area contributed by atoms with Crippen molar-refractivity contribution in [2.45, 2.75) is 20.3 Å². The van der Waals surface area contributed by atoms with Gasteiger partial charge in [0, 0.05) is 32.1 Å². The van der Waals surface area contributed by atoms with Crippen LogP contribution < -0.4 is 0 Å². The zero-order chi connectivity index (χ0) is 12.6. The van der Waals surface area contributed by atoms with Gasteiger partial charge in [-0.25, -0.2) is 4.79 Å². The van der Waals surface area contributed by atoms with Gasteiger partial charge >= 0.3 is 12.0 Å². The van der Waals surface area contributed by atoms with Gasteiger partial charge in [0.15, 0.2) is 0 Å². The number of hydrogen-bond donors (Lipinski definition) is 1. The van der Waals surface area contributed by atoms with Crippen LogP contribution in [0.2, 0.25) is 0 Å². The van der Waals surface area contributed by atoms with Crippen molar-refractivity contribution in [2.24, 2.45) is 17.8 Å². The van der Waals surface area contributed by atoms with E-state index in [1.54, 1.807) is 11.8 Å². The molecule has 2 heterocycles. The van der Waals surface area contributed by atoms with Crippen molar-refractivity contribution in [3.63, 3.8) is 0 Å². The SMILES string of the molecule is CC1CCN(C(=O)N2CC(C(C)C(=O)O)C2)C1. The summed E-state index contributed by atoms with van der Waals surface area (Å²) >= 11 is 0. The highest BCUT2D eigenvalue weighted by molar-refractivity contribution is 5.76. The summed E-state index contributed by atoms with van der Waals surface area (Å²) < 4.78 is 0. The maximum absolute atomic E-state index is 12.0. The van der Waals surface area contributed by atoms with Crippen LogP contribution in [-0.4, -0.2) is 53.1 Å². The Kier molecular flexibility index (Phi) is 3.26. The number of likely N-dealkylation sites (tertiary alicyclic amines) is 2. The van der Waals surface area contributed by atoms with E-state index in [1.807, 2.05) is 4.90 Å². The number of urea groups is 1. The minimum Gasteiger partial charge on any atom is -0.481 e. The molecule has 96 valence electrons. The number of carbonyl (C=O) groups is 2. The first-order valence-electron chi connectivity index (χ1n) is 6.25. The van der Waals surface area contributed by atoms with E-state index in [1.165, 1.54) is 0 Å². The lowest BCUT2D eigenvalue weighted by atomic mass is 9.87. The van der Waals surface area contributed by atoms with Gasteiger partial charge in [-0.2, -0.15) is 0 Å². The highest BCUT2D eigenvalue weighted by atomic mass is 16.4. The molecular formula is C12H20N2O3. The van der Waals surface area contributed by atoms with Gasteiger partial charge in [-0.1, -0.05) is 13.8 Å². The molecule has 17 heavy (non-hydrogen) atoms. The van der Waals surface area contributed by atoms with Crippen LogP contribution in [0.15, 0.2) is 0 Å². The summed E-state index contributed by atoms with van der Waals surface area (Å²) in [6.07, 6.45) is 1.08. The minimum atomic E-state index is -0.767. The fourth-order valence-electron chi connectivity index (χ4n) is 2.50. The first kappa shape index (κ1) is 12.2. The number of carboxylic acid groups (broad SMARTS) is 1. The summed E-state index contributed by atoms with van der Waals surface area (Å²) in [7, 11) is 0. The van der Waals surface area contributed by atoms with Gasteiger partial charge in [-0.15, -0.1) is 0 Å². The van der Waals surface area contributed by atoms with Gasteiger partial charge < -0.3 is 14.9 Å². The van der Waals surface area contributed by atoms with E-state index in [-0.39, 0.29) is 17.9 Å². The quantitative estimate of drug-likeness (QED) is 0.786. The van der Waals surface area contributed by atoms with E-state index in [0.29, 0.717) is 19.0 Å². The largest absolute Gasteiger partial charge is 0.481 e. The lowest BCUT2D eigenvalue weighted by Gasteiger charge is -2.42. The van der Waals surface area contributed by atoms with Gasteiger partial charge in [0.05, 0.1) is 5.92 Å². The molecular weight excluding hydrogens is 220 g/mol. The monoisotopic (exact) mass is 240 g/mol. The Bertz CT molecular complexity index is 326. The Morgan fingerprint density at radius 1 is 1.24 bits per heavy atom. The molecule has 0 aliphatic carbocycles. The first-order valence-corrected chi connectivity index (χ1v) is 6.25. The molecule has 5 nitrogen and oxygen atoms in total. The van der Waals surface area contributed by atoms with Gasteiger partial charge in [0.25, 0.3) is 0 Å². The Balaban J connectivity index is 1.79. The van der Waals surface area contributed by atoms with Crippen molar-refractivity contribution in [1.29, 1.82) is 0 Å². The molecule has 0 saturated carbocycles. The van der Waals surface area contributed by atoms with E-state index >= 15 is 0 Å². The third-order valence-corrected chi connectivity index (χ3v) is 3.97. The zero-order valence-corrected chi connectivity index (χ0v) is 10.4. The summed E-state index contributed by atoms with van der Waals surface area (Å²) in [6, 6.07) is 0.0863. The average molecular weight is 240 g/mol. The lowest BCUT2D eigenvalue weighted by Crippen LogP contribution is -2.57. The molecule has 0 aromatic rings. The van der Waals surface area contributed by atoms with Crippen LogP contribution in [0.4, 0.5) is 4.79 Å². The number of nitrogens with zero attached hydrogens (tertiary/aromatic N) is 2. The van der Waals surface area contributed by atoms with E-state index in [9.17, 15) is 9.59 Å². The van der Waals surface area contributed by atoms with Crippen LogP contribution in [0.1, 0.15) is 20.3 Å². The molecule has 1 N–H and O–H groups in total. The number of carboxylic acids is 1. The van der Waals surface area contributed by atoms with Crippen molar-refractivity contribution in [3.8, 4) is 0 Å². The van der Waals surface area contributed by atoms with E-state index < -0.39 is 5.97 Å². The molecule has 0 aromatic carbocycles. The van der Waals surface area contributed by atoms with Crippen LogP contribution >= 0.6 is 0 Å². The second-order valence-corrected chi connectivity index (χ2v) is 5.41. The standard InChI is InChI=1S/C12H20N2O3/c1-8-3-4-13(5-8)12(17)14-6-10(7-14)9(2)11(15)16/h8-10H,3-7H2,1-2H3,(H,15,16). The molecule has 0 aromatic heterocycles. The molecule has 0 spiro atoms. The zero-order valence-electron chi connectivity index (χ0n) is 10.4. The maximum Gasteiger partial charge on any atom is 0.320 e. The number of carbonyl (C=O) groups excluding carboxylic acids is 1. The number of aliphatic carboxylic acids is 1. The van der Waals surface area contributed by atoms with Crippen molar-refractivity contribution in [2.75, 3.05) is 26.2 Å². The van der Waals surface area contributed by atoms with Crippen molar-refractivity contribution >= 4 is 12.0 Å². The molecule has 0 bridgehead atoms. The van der Waals surface area contributed by atoms with E-state index in [0.717, 1.165) is 19.5 Å². The average Bonchev–Trinajstić information content (AvgIpc) is 2.62. The maximum atomic E-state index is 12.0. The number of hydrogen-bond acceptors (Lipinski definition) is 2. The second-order valence-electron chi connectivity index (χ2n) is 5.41. The fourth-order valence-corrected chi connectivity index (χ4v) is 2.50. The van der Waals surface area contributed by atoms with Gasteiger partial charge in [-0.3, -0.25) is 4.79 Å². The third kappa shape index (κ3) is 2.37. The molecule has 2 saturated heterocycles. The number of rotatable bonds is 2. The predicted octanol–water partition coefficient (Wildman–Crippen LogP) is 1.10. The second kappa shape index (κ2) is 4.55. The molecule has 2 atom stereocenters. The Hall–Kier alpha value is -1.26. The molecule has 2 unspecified atom stereocenters. The van der Waals surface area contributed by atoms with E-state index in [2.05, 4.69) is 6.92 Å². The summed E-state index contributed by atoms with van der Waals surface area (Å²) in [5.74, 6) is -0.404. The smallest absolute Gasteiger partial charge is 0.320 e. The normalized spacial score (nSPS) is 26.8. The summed E-state index contributed by atoms with van der Waals surface area (Å²) in [4.78, 5) is 26.5. The van der Waals surface area contributed by atoms with Crippen molar-refractivity contribution < 1.29 is 14.7 Å². The third-order valence-electron chi connectivity index (χ3n) is 3.97. The molecule has 2 fully saturated rings. The molecule has 0 radical (unpaired) electrons. The van der Waals surface area contributed by atoms with E-state index in [4.69, 9.17) is 5.11 Å². The molecule has 2 aliphatic rings. The van der Waals surface area contributed by atoms with Crippen LogP contribution in [0, 0.1) is 17.8 Å². The van der Waals surface area contributed by atoms with Crippen LogP contribution in [0.25, 0.3) is 0 Å². The summed E-state index contributed by atoms with van der Waals surface area (Å²) in [5.41, 5.74) is 0.